The fourth-order valence-electron chi connectivity index (χ4n) is 1.67. The molecule has 0 spiro atoms. The van der Waals surface area contributed by atoms with Gasteiger partial charge in [-0.1, -0.05) is 0 Å². The molecule has 0 fully saturated rings. The predicted octanol–water partition coefficient (Wildman–Crippen LogP) is 0.995. The molecule has 2 N–H and O–H groups in total. The van der Waals surface area contributed by atoms with Crippen LogP contribution in [0.4, 0.5) is 0 Å². The molecule has 96 valence electrons. The van der Waals surface area contributed by atoms with Crippen molar-refractivity contribution in [3.8, 4) is 0 Å². The molecular weight excluding hydrogens is 234 g/mol. The number of hydrogen-bond acceptors (Lipinski definition) is 4. The van der Waals surface area contributed by atoms with Gasteiger partial charge in [0.2, 0.25) is 5.91 Å². The molecule has 1 heterocycles. The molecule has 0 radical (unpaired) electrons. The van der Waals surface area contributed by atoms with Crippen LogP contribution >= 0.6 is 11.3 Å². The third-order valence-corrected chi connectivity index (χ3v) is 3.78. The van der Waals surface area contributed by atoms with Gasteiger partial charge in [0.1, 0.15) is 0 Å². The first kappa shape index (κ1) is 14.2. The maximum Gasteiger partial charge on any atom is 0.234 e. The molecule has 1 amide bonds. The summed E-state index contributed by atoms with van der Waals surface area (Å²) >= 11 is 1.74. The third-order valence-electron chi connectivity index (χ3n) is 2.66. The largest absolute Gasteiger partial charge is 0.353 e. The van der Waals surface area contributed by atoms with Gasteiger partial charge in [-0.15, -0.1) is 11.3 Å². The average molecular weight is 255 g/mol. The summed E-state index contributed by atoms with van der Waals surface area (Å²) in [6, 6.07) is 2.36. The molecule has 0 aliphatic carbocycles. The topological polar surface area (TPSA) is 44.4 Å². The van der Waals surface area contributed by atoms with Gasteiger partial charge in [-0.25, -0.2) is 0 Å². The Bertz CT molecular complexity index is 362. The second-order valence-corrected chi connectivity index (χ2v) is 5.23. The highest BCUT2D eigenvalue weighted by Crippen LogP contribution is 2.26. The Labute approximate surface area is 107 Å². The molecule has 1 unspecified atom stereocenters. The van der Waals surface area contributed by atoms with Crippen molar-refractivity contribution in [1.82, 2.24) is 15.5 Å². The summed E-state index contributed by atoms with van der Waals surface area (Å²) in [5.41, 5.74) is 1.29. The van der Waals surface area contributed by atoms with Gasteiger partial charge in [0.15, 0.2) is 0 Å². The van der Waals surface area contributed by atoms with Gasteiger partial charge in [-0.2, -0.15) is 0 Å². The first-order valence-electron chi connectivity index (χ1n) is 5.68. The van der Waals surface area contributed by atoms with Gasteiger partial charge in [-0.05, 0) is 45.1 Å². The second kappa shape index (κ2) is 6.74. The summed E-state index contributed by atoms with van der Waals surface area (Å²) in [7, 11) is 5.84. The van der Waals surface area contributed by atoms with Crippen LogP contribution in [0.25, 0.3) is 0 Å². The van der Waals surface area contributed by atoms with Crippen molar-refractivity contribution in [3.05, 3.63) is 21.9 Å². The maximum atomic E-state index is 11.4. The van der Waals surface area contributed by atoms with Gasteiger partial charge in [-0.3, -0.25) is 4.79 Å². The fourth-order valence-corrected chi connectivity index (χ4v) is 2.79. The van der Waals surface area contributed by atoms with Crippen molar-refractivity contribution in [2.24, 2.45) is 0 Å². The summed E-state index contributed by atoms with van der Waals surface area (Å²) in [5.74, 6) is 0.0357. The Kier molecular flexibility index (Phi) is 5.61. The minimum atomic E-state index is 0.0357. The molecule has 1 rings (SSSR count). The van der Waals surface area contributed by atoms with E-state index in [9.17, 15) is 4.79 Å². The third kappa shape index (κ3) is 4.11. The summed E-state index contributed by atoms with van der Waals surface area (Å²) in [6.07, 6.45) is 0. The highest BCUT2D eigenvalue weighted by molar-refractivity contribution is 7.10. The van der Waals surface area contributed by atoms with E-state index >= 15 is 0 Å². The maximum absolute atomic E-state index is 11.4. The van der Waals surface area contributed by atoms with E-state index in [1.54, 1.807) is 18.4 Å². The standard InChI is InChI=1S/C12H21N3OS/c1-9-5-6-17-12(9)10(15(3)4)7-14-11(16)8-13-2/h5-6,10,13H,7-8H2,1-4H3,(H,14,16). The number of likely N-dealkylation sites (N-methyl/N-ethyl adjacent to an activating group) is 2. The zero-order valence-corrected chi connectivity index (χ0v) is 11.7. The molecule has 0 saturated heterocycles. The van der Waals surface area contributed by atoms with Crippen molar-refractivity contribution in [2.45, 2.75) is 13.0 Å². The lowest BCUT2D eigenvalue weighted by atomic mass is 10.1. The molecule has 5 heteroatoms. The number of aryl methyl sites for hydroxylation is 1. The lowest BCUT2D eigenvalue weighted by Crippen LogP contribution is -2.38. The van der Waals surface area contributed by atoms with E-state index < -0.39 is 0 Å². The first-order chi connectivity index (χ1) is 8.06. The molecule has 0 saturated carbocycles. The van der Waals surface area contributed by atoms with Crippen LogP contribution in [0.3, 0.4) is 0 Å². The molecule has 4 nitrogen and oxygen atoms in total. The molecule has 1 atom stereocenters. The summed E-state index contributed by atoms with van der Waals surface area (Å²) in [4.78, 5) is 14.9. The van der Waals surface area contributed by atoms with E-state index in [1.165, 1.54) is 10.4 Å². The Morgan fingerprint density at radius 2 is 2.24 bits per heavy atom. The Hall–Kier alpha value is -0.910. The van der Waals surface area contributed by atoms with Crippen molar-refractivity contribution < 1.29 is 4.79 Å². The number of amides is 1. The summed E-state index contributed by atoms with van der Waals surface area (Å²) in [5, 5.41) is 7.88. The van der Waals surface area contributed by atoms with Crippen molar-refractivity contribution in [2.75, 3.05) is 34.2 Å². The quantitative estimate of drug-likeness (QED) is 0.797. The molecule has 17 heavy (non-hydrogen) atoms. The molecule has 0 aromatic carbocycles. The van der Waals surface area contributed by atoms with Crippen LogP contribution in [0.15, 0.2) is 11.4 Å². The minimum Gasteiger partial charge on any atom is -0.353 e. The molecule has 1 aromatic heterocycles. The zero-order chi connectivity index (χ0) is 12.8. The van der Waals surface area contributed by atoms with Gasteiger partial charge < -0.3 is 15.5 Å². The van der Waals surface area contributed by atoms with E-state index in [0.717, 1.165) is 0 Å². The van der Waals surface area contributed by atoms with Crippen LogP contribution in [0.2, 0.25) is 0 Å². The molecular formula is C12H21N3OS. The lowest BCUT2D eigenvalue weighted by molar-refractivity contribution is -0.120. The Balaban J connectivity index is 2.62. The number of nitrogens with one attached hydrogen (secondary N) is 2. The zero-order valence-electron chi connectivity index (χ0n) is 10.9. The fraction of sp³-hybridized carbons (Fsp3) is 0.583. The minimum absolute atomic E-state index is 0.0357. The van der Waals surface area contributed by atoms with E-state index in [4.69, 9.17) is 0 Å². The SMILES string of the molecule is CNCC(=O)NCC(c1sccc1C)N(C)C. The predicted molar refractivity (Wildman–Crippen MR) is 72.4 cm³/mol. The van der Waals surface area contributed by atoms with E-state index in [-0.39, 0.29) is 11.9 Å². The number of nitrogens with zero attached hydrogens (tertiary/aromatic N) is 1. The number of carbonyl (C=O) groups excluding carboxylic acids is 1. The van der Waals surface area contributed by atoms with Gasteiger partial charge >= 0.3 is 0 Å². The monoisotopic (exact) mass is 255 g/mol. The molecule has 0 bridgehead atoms. The van der Waals surface area contributed by atoms with Crippen LogP contribution < -0.4 is 10.6 Å². The highest BCUT2D eigenvalue weighted by Gasteiger charge is 2.18. The smallest absolute Gasteiger partial charge is 0.234 e. The van der Waals surface area contributed by atoms with Crippen molar-refractivity contribution >= 4 is 17.2 Å². The van der Waals surface area contributed by atoms with Crippen LogP contribution in [0.1, 0.15) is 16.5 Å². The first-order valence-corrected chi connectivity index (χ1v) is 6.56. The van der Waals surface area contributed by atoms with Crippen molar-refractivity contribution in [1.29, 1.82) is 0 Å². The molecule has 1 aromatic rings. The second-order valence-electron chi connectivity index (χ2n) is 4.28. The van der Waals surface area contributed by atoms with Gasteiger partial charge in [0, 0.05) is 11.4 Å². The number of thiophene rings is 1. The Morgan fingerprint density at radius 3 is 2.71 bits per heavy atom. The van der Waals surface area contributed by atoms with Crippen LogP contribution in [-0.2, 0) is 4.79 Å². The number of hydrogen-bond donors (Lipinski definition) is 2. The van der Waals surface area contributed by atoms with Crippen LogP contribution in [0.5, 0.6) is 0 Å². The summed E-state index contributed by atoms with van der Waals surface area (Å²) < 4.78 is 0. The van der Waals surface area contributed by atoms with Crippen LogP contribution in [-0.4, -0.2) is 45.0 Å². The normalized spacial score (nSPS) is 12.8. The highest BCUT2D eigenvalue weighted by atomic mass is 32.1. The average Bonchev–Trinajstić information content (AvgIpc) is 2.65. The number of carbonyl (C=O) groups is 1. The van der Waals surface area contributed by atoms with Gasteiger partial charge in [0.25, 0.3) is 0 Å². The summed E-state index contributed by atoms with van der Waals surface area (Å²) in [6.45, 7) is 3.12. The van der Waals surface area contributed by atoms with E-state index in [0.29, 0.717) is 13.1 Å². The lowest BCUT2D eigenvalue weighted by Gasteiger charge is -2.24. The number of rotatable bonds is 6. The van der Waals surface area contributed by atoms with E-state index in [2.05, 4.69) is 33.9 Å². The van der Waals surface area contributed by atoms with Crippen LogP contribution in [0, 0.1) is 6.92 Å². The van der Waals surface area contributed by atoms with Crippen molar-refractivity contribution in [3.63, 3.8) is 0 Å². The Morgan fingerprint density at radius 1 is 1.53 bits per heavy atom. The van der Waals surface area contributed by atoms with Gasteiger partial charge in [0.05, 0.1) is 12.6 Å². The van der Waals surface area contributed by atoms with E-state index in [1.807, 2.05) is 14.1 Å². The molecule has 0 aliphatic rings. The molecule has 0 aliphatic heterocycles.